The van der Waals surface area contributed by atoms with Crippen molar-refractivity contribution in [2.45, 2.75) is 19.9 Å². The molecule has 1 aliphatic rings. The molecule has 176 valence electrons. The number of ether oxygens (including phenoxy) is 1. The van der Waals surface area contributed by atoms with E-state index in [-0.39, 0.29) is 33.4 Å². The van der Waals surface area contributed by atoms with Crippen molar-refractivity contribution < 1.29 is 18.7 Å². The van der Waals surface area contributed by atoms with E-state index in [4.69, 9.17) is 9.15 Å². The number of hydrogen-bond acceptors (Lipinski definition) is 7. The fraction of sp³-hybridized carbons (Fsp3) is 0.154. The first-order valence-corrected chi connectivity index (χ1v) is 12.3. The van der Waals surface area contributed by atoms with Crippen LogP contribution >= 0.6 is 27.3 Å². The van der Waals surface area contributed by atoms with Crippen molar-refractivity contribution >= 4 is 55.2 Å². The van der Waals surface area contributed by atoms with E-state index < -0.39 is 17.9 Å². The third-order valence-electron chi connectivity index (χ3n) is 5.72. The highest BCUT2D eigenvalue weighted by Crippen LogP contribution is 2.43. The van der Waals surface area contributed by atoms with Gasteiger partial charge in [0.1, 0.15) is 17.1 Å². The lowest BCUT2D eigenvalue weighted by Crippen LogP contribution is -2.29. The summed E-state index contributed by atoms with van der Waals surface area (Å²) in [5.74, 6) is -1.07. The summed E-state index contributed by atoms with van der Waals surface area (Å²) >= 11 is 4.47. The summed E-state index contributed by atoms with van der Waals surface area (Å²) in [6, 6.07) is 11.9. The number of hydrogen-bond donors (Lipinski definition) is 0. The van der Waals surface area contributed by atoms with Crippen molar-refractivity contribution in [3.05, 3.63) is 103 Å². The topological polar surface area (TPSA) is 89.7 Å². The van der Waals surface area contributed by atoms with Crippen LogP contribution in [0.4, 0.5) is 5.13 Å². The zero-order valence-corrected chi connectivity index (χ0v) is 21.2. The molecule has 0 aliphatic carbocycles. The Kier molecular flexibility index (Phi) is 5.90. The largest absolute Gasteiger partial charge is 0.457 e. The number of nitrogens with zero attached hydrogens (tertiary/aromatic N) is 2. The minimum Gasteiger partial charge on any atom is -0.457 e. The Bertz CT molecular complexity index is 1570. The molecule has 0 saturated heterocycles. The van der Waals surface area contributed by atoms with Gasteiger partial charge in [-0.25, -0.2) is 9.78 Å². The molecule has 4 aromatic rings. The highest BCUT2D eigenvalue weighted by Gasteiger charge is 2.45. The van der Waals surface area contributed by atoms with Gasteiger partial charge < -0.3 is 9.15 Å². The Hall–Kier alpha value is -3.56. The molecule has 2 aromatic carbocycles. The van der Waals surface area contributed by atoms with Crippen molar-refractivity contribution in [3.8, 4) is 0 Å². The predicted octanol–water partition coefficient (Wildman–Crippen LogP) is 5.72. The number of esters is 1. The minimum atomic E-state index is -0.769. The second kappa shape index (κ2) is 8.90. The van der Waals surface area contributed by atoms with Gasteiger partial charge >= 0.3 is 5.97 Å². The molecule has 1 amide bonds. The number of rotatable bonds is 5. The van der Waals surface area contributed by atoms with Gasteiger partial charge in [0, 0.05) is 4.47 Å². The van der Waals surface area contributed by atoms with Gasteiger partial charge in [0.25, 0.3) is 5.91 Å². The lowest BCUT2D eigenvalue weighted by molar-refractivity contribution is 0.0554. The van der Waals surface area contributed by atoms with Gasteiger partial charge in [0.15, 0.2) is 10.6 Å². The van der Waals surface area contributed by atoms with Crippen LogP contribution in [-0.4, -0.2) is 23.5 Å². The summed E-state index contributed by atoms with van der Waals surface area (Å²) in [6.45, 7) is 7.18. The van der Waals surface area contributed by atoms with Crippen LogP contribution in [0.3, 0.4) is 0 Å². The van der Waals surface area contributed by atoms with Crippen LogP contribution in [0.2, 0.25) is 0 Å². The molecule has 0 fully saturated rings. The number of thiazole rings is 1. The number of anilines is 1. The summed E-state index contributed by atoms with van der Waals surface area (Å²) in [6.07, 6.45) is 1.48. The molecule has 1 aliphatic heterocycles. The molecule has 3 heterocycles. The third kappa shape index (κ3) is 3.90. The summed E-state index contributed by atoms with van der Waals surface area (Å²) in [5.41, 5.74) is 2.37. The first-order valence-electron chi connectivity index (χ1n) is 10.7. The second-order valence-electron chi connectivity index (χ2n) is 8.10. The average molecular weight is 551 g/mol. The normalized spacial score (nSPS) is 14.9. The average Bonchev–Trinajstić information content (AvgIpc) is 3.36. The van der Waals surface area contributed by atoms with Gasteiger partial charge in [-0.05, 0) is 43.7 Å². The van der Waals surface area contributed by atoms with Crippen LogP contribution in [0.25, 0.3) is 11.0 Å². The highest BCUT2D eigenvalue weighted by atomic mass is 79.9. The molecule has 0 radical (unpaired) electrons. The van der Waals surface area contributed by atoms with E-state index >= 15 is 0 Å². The van der Waals surface area contributed by atoms with E-state index in [0.717, 1.165) is 21.4 Å². The Morgan fingerprint density at radius 1 is 1.23 bits per heavy atom. The molecule has 1 unspecified atom stereocenters. The number of carbonyl (C=O) groups excluding carboxylic acids is 2. The number of aromatic nitrogens is 1. The molecule has 0 spiro atoms. The molecule has 0 N–H and O–H groups in total. The minimum absolute atomic E-state index is 0.0251. The van der Waals surface area contributed by atoms with E-state index in [9.17, 15) is 14.4 Å². The summed E-state index contributed by atoms with van der Waals surface area (Å²) in [5, 5.41) is 0.682. The maximum atomic E-state index is 13.7. The van der Waals surface area contributed by atoms with E-state index in [1.165, 1.54) is 11.0 Å². The molecule has 0 bridgehead atoms. The van der Waals surface area contributed by atoms with Gasteiger partial charge in [0.05, 0.1) is 22.7 Å². The maximum Gasteiger partial charge on any atom is 0.350 e. The number of fused-ring (bicyclic) bond motifs is 2. The predicted molar refractivity (Wildman–Crippen MR) is 137 cm³/mol. The first kappa shape index (κ1) is 23.2. The van der Waals surface area contributed by atoms with Crippen molar-refractivity contribution in [1.29, 1.82) is 0 Å². The SMILES string of the molecule is C=CCOC(=O)c1sc(N2C(=O)c3oc4ccc(C)cc4c(=O)c3C2c2ccc(Br)cc2)nc1C. The number of benzene rings is 2. The third-order valence-corrected chi connectivity index (χ3v) is 7.39. The molecule has 5 rings (SSSR count). The first-order chi connectivity index (χ1) is 16.8. The molecular formula is C26H19BrN2O5S. The van der Waals surface area contributed by atoms with Gasteiger partial charge in [-0.15, -0.1) is 0 Å². The maximum absolute atomic E-state index is 13.7. The Morgan fingerprint density at radius 2 is 1.97 bits per heavy atom. The summed E-state index contributed by atoms with van der Waals surface area (Å²) in [7, 11) is 0. The molecule has 0 saturated carbocycles. The smallest absolute Gasteiger partial charge is 0.350 e. The van der Waals surface area contributed by atoms with Gasteiger partial charge in [-0.3, -0.25) is 14.5 Å². The van der Waals surface area contributed by atoms with E-state index in [1.807, 2.05) is 37.3 Å². The van der Waals surface area contributed by atoms with Crippen LogP contribution in [0.1, 0.15) is 48.7 Å². The number of halogens is 1. The molecule has 1 atom stereocenters. The number of aryl methyl sites for hydroxylation is 2. The van der Waals surface area contributed by atoms with Crippen LogP contribution in [0.5, 0.6) is 0 Å². The van der Waals surface area contributed by atoms with Crippen LogP contribution in [0, 0.1) is 13.8 Å². The quantitative estimate of drug-likeness (QED) is 0.233. The van der Waals surface area contributed by atoms with Gasteiger partial charge in [-0.2, -0.15) is 0 Å². The Labute approximate surface area is 212 Å². The summed E-state index contributed by atoms with van der Waals surface area (Å²) in [4.78, 5) is 46.1. The fourth-order valence-corrected chi connectivity index (χ4v) is 5.37. The zero-order chi connectivity index (χ0) is 24.9. The van der Waals surface area contributed by atoms with Crippen LogP contribution in [-0.2, 0) is 4.74 Å². The molecule has 7 nitrogen and oxygen atoms in total. The van der Waals surface area contributed by atoms with Gasteiger partial charge in [-0.1, -0.05) is 63.7 Å². The zero-order valence-electron chi connectivity index (χ0n) is 18.8. The van der Waals surface area contributed by atoms with Crippen molar-refractivity contribution in [1.82, 2.24) is 4.98 Å². The highest BCUT2D eigenvalue weighted by molar-refractivity contribution is 9.10. The van der Waals surface area contributed by atoms with Crippen LogP contribution < -0.4 is 10.3 Å². The van der Waals surface area contributed by atoms with E-state index in [1.54, 1.807) is 19.1 Å². The van der Waals surface area contributed by atoms with Crippen molar-refractivity contribution in [2.75, 3.05) is 11.5 Å². The molecule has 2 aromatic heterocycles. The number of carbonyl (C=O) groups is 2. The fourth-order valence-electron chi connectivity index (χ4n) is 4.12. The molecule has 9 heteroatoms. The monoisotopic (exact) mass is 550 g/mol. The Morgan fingerprint density at radius 3 is 2.69 bits per heavy atom. The summed E-state index contributed by atoms with van der Waals surface area (Å²) < 4.78 is 12.0. The van der Waals surface area contributed by atoms with Crippen molar-refractivity contribution in [3.63, 3.8) is 0 Å². The lowest BCUT2D eigenvalue weighted by atomic mass is 9.98. The van der Waals surface area contributed by atoms with E-state index in [2.05, 4.69) is 27.5 Å². The van der Waals surface area contributed by atoms with Crippen molar-refractivity contribution in [2.24, 2.45) is 0 Å². The molecular weight excluding hydrogens is 532 g/mol. The number of amides is 1. The van der Waals surface area contributed by atoms with E-state index in [0.29, 0.717) is 22.2 Å². The Balaban J connectivity index is 1.72. The standard InChI is InChI=1S/C26H19BrN2O5S/c1-4-11-33-25(32)23-14(3)28-26(35-23)29-20(15-6-8-16(27)9-7-15)19-21(30)17-12-13(2)5-10-18(17)34-22(19)24(29)31/h4-10,12,20H,1,11H2,2-3H3. The van der Waals surface area contributed by atoms with Crippen LogP contribution in [0.15, 0.2) is 68.8 Å². The molecule has 35 heavy (non-hydrogen) atoms. The van der Waals surface area contributed by atoms with Gasteiger partial charge in [0.2, 0.25) is 5.76 Å². The lowest BCUT2D eigenvalue weighted by Gasteiger charge is -2.22. The second-order valence-corrected chi connectivity index (χ2v) is 9.99.